The van der Waals surface area contributed by atoms with Crippen LogP contribution in [0.1, 0.15) is 38.7 Å². The van der Waals surface area contributed by atoms with Crippen LogP contribution in [-0.2, 0) is 19.6 Å². The largest absolute Gasteiger partial charge is 0.379 e. The molecule has 0 radical (unpaired) electrons. The van der Waals surface area contributed by atoms with Crippen LogP contribution in [0.5, 0.6) is 0 Å². The van der Waals surface area contributed by atoms with Gasteiger partial charge < -0.3 is 10.1 Å². The van der Waals surface area contributed by atoms with Crippen LogP contribution in [0.25, 0.3) is 0 Å². The van der Waals surface area contributed by atoms with Crippen molar-refractivity contribution >= 4 is 27.7 Å². The molecule has 0 aliphatic carbocycles. The van der Waals surface area contributed by atoms with Crippen LogP contribution in [-0.4, -0.2) is 56.7 Å². The highest BCUT2D eigenvalue weighted by Gasteiger charge is 2.27. The number of hydrogen-bond donors (Lipinski definition) is 3. The topological polar surface area (TPSA) is 134 Å². The van der Waals surface area contributed by atoms with Gasteiger partial charge in [-0.25, -0.2) is 8.42 Å². The minimum atomic E-state index is -3.78. The highest BCUT2D eigenvalue weighted by atomic mass is 32.2. The molecule has 1 unspecified atom stereocenters. The van der Waals surface area contributed by atoms with Crippen molar-refractivity contribution < 1.29 is 27.5 Å². The van der Waals surface area contributed by atoms with E-state index < -0.39 is 27.9 Å². The van der Waals surface area contributed by atoms with E-state index in [1.807, 2.05) is 6.07 Å². The highest BCUT2D eigenvalue weighted by Crippen LogP contribution is 2.19. The number of hydrogen-bond acceptors (Lipinski definition) is 6. The van der Waals surface area contributed by atoms with Crippen molar-refractivity contribution in [1.29, 1.82) is 0 Å². The zero-order valence-electron chi connectivity index (χ0n) is 20.5. The van der Waals surface area contributed by atoms with Crippen LogP contribution < -0.4 is 16.2 Å². The SMILES string of the molecule is O=C(CC(NC(=O)c1ccccc1)c1ccccc1)NNC(=O)c1cccc(S(=O)(=O)N2CCOCC2)c1. The number of carbonyl (C=O) groups is 3. The lowest BCUT2D eigenvalue weighted by Crippen LogP contribution is -2.43. The number of benzene rings is 3. The molecule has 0 spiro atoms. The number of morpholine rings is 1. The van der Waals surface area contributed by atoms with Gasteiger partial charge in [-0.1, -0.05) is 54.6 Å². The van der Waals surface area contributed by atoms with Crippen molar-refractivity contribution in [3.8, 4) is 0 Å². The van der Waals surface area contributed by atoms with E-state index in [2.05, 4.69) is 16.2 Å². The first-order valence-corrected chi connectivity index (χ1v) is 13.5. The van der Waals surface area contributed by atoms with Crippen molar-refractivity contribution in [1.82, 2.24) is 20.5 Å². The third kappa shape index (κ3) is 6.82. The number of nitrogens with one attached hydrogen (secondary N) is 3. The fourth-order valence-electron chi connectivity index (χ4n) is 3.94. The fraction of sp³-hybridized carbons (Fsp3) is 0.222. The standard InChI is InChI=1S/C27H28N4O6S/c32-25(19-24(20-8-3-1-4-9-20)28-26(33)21-10-5-2-6-11-21)29-30-27(34)22-12-7-13-23(18-22)38(35,36)31-14-16-37-17-15-31/h1-13,18,24H,14-17,19H2,(H,28,33)(H,29,32)(H,30,34). The van der Waals surface area contributed by atoms with Gasteiger partial charge in [0.1, 0.15) is 0 Å². The van der Waals surface area contributed by atoms with Crippen LogP contribution in [0, 0.1) is 0 Å². The number of rotatable bonds is 8. The van der Waals surface area contributed by atoms with E-state index in [-0.39, 0.29) is 35.9 Å². The van der Waals surface area contributed by atoms with Gasteiger partial charge in [0.05, 0.1) is 30.6 Å². The van der Waals surface area contributed by atoms with Crippen molar-refractivity contribution in [3.05, 3.63) is 102 Å². The average Bonchev–Trinajstić information content (AvgIpc) is 2.97. The molecule has 3 amide bonds. The van der Waals surface area contributed by atoms with E-state index in [1.165, 1.54) is 28.6 Å². The van der Waals surface area contributed by atoms with Gasteiger partial charge in [-0.15, -0.1) is 0 Å². The van der Waals surface area contributed by atoms with Crippen LogP contribution in [0.3, 0.4) is 0 Å². The molecule has 11 heteroatoms. The maximum absolute atomic E-state index is 12.9. The van der Waals surface area contributed by atoms with Crippen LogP contribution in [0.2, 0.25) is 0 Å². The number of ether oxygens (including phenoxy) is 1. The minimum absolute atomic E-state index is 0.0221. The number of hydrazine groups is 1. The summed E-state index contributed by atoms with van der Waals surface area (Å²) in [7, 11) is -3.78. The number of sulfonamides is 1. The van der Waals surface area contributed by atoms with Crippen LogP contribution in [0.15, 0.2) is 89.8 Å². The molecule has 0 aromatic heterocycles. The second-order valence-corrected chi connectivity index (χ2v) is 10.5. The van der Waals surface area contributed by atoms with E-state index in [4.69, 9.17) is 4.74 Å². The Morgan fingerprint density at radius 3 is 2.11 bits per heavy atom. The molecule has 1 aliphatic heterocycles. The van der Waals surface area contributed by atoms with Gasteiger partial charge in [0.2, 0.25) is 15.9 Å². The van der Waals surface area contributed by atoms with E-state index in [0.717, 1.165) is 5.56 Å². The second-order valence-electron chi connectivity index (χ2n) is 8.55. The maximum atomic E-state index is 12.9. The predicted molar refractivity (Wildman–Crippen MR) is 139 cm³/mol. The zero-order valence-corrected chi connectivity index (χ0v) is 21.3. The molecular formula is C27H28N4O6S. The molecule has 1 heterocycles. The summed E-state index contributed by atoms with van der Waals surface area (Å²) in [5.74, 6) is -1.56. The molecule has 1 fully saturated rings. The summed E-state index contributed by atoms with van der Waals surface area (Å²) >= 11 is 0. The van der Waals surface area contributed by atoms with E-state index >= 15 is 0 Å². The Morgan fingerprint density at radius 2 is 1.42 bits per heavy atom. The minimum Gasteiger partial charge on any atom is -0.379 e. The van der Waals surface area contributed by atoms with Crippen molar-refractivity contribution in [2.75, 3.05) is 26.3 Å². The quantitative estimate of drug-likeness (QED) is 0.377. The van der Waals surface area contributed by atoms with Gasteiger partial charge in [0.25, 0.3) is 11.8 Å². The van der Waals surface area contributed by atoms with E-state index in [0.29, 0.717) is 18.8 Å². The molecule has 3 N–H and O–H groups in total. The molecule has 1 aliphatic rings. The van der Waals surface area contributed by atoms with E-state index in [1.54, 1.807) is 54.6 Å². The summed E-state index contributed by atoms with van der Waals surface area (Å²) in [6.45, 7) is 1.08. The summed E-state index contributed by atoms with van der Waals surface area (Å²) in [6.07, 6.45) is -0.145. The molecule has 38 heavy (non-hydrogen) atoms. The number of nitrogens with zero attached hydrogens (tertiary/aromatic N) is 1. The third-order valence-electron chi connectivity index (χ3n) is 5.95. The summed E-state index contributed by atoms with van der Waals surface area (Å²) < 4.78 is 32.3. The number of amides is 3. The van der Waals surface area contributed by atoms with Gasteiger partial charge >= 0.3 is 0 Å². The molecular weight excluding hydrogens is 508 g/mol. The van der Waals surface area contributed by atoms with Gasteiger partial charge in [0.15, 0.2) is 0 Å². The third-order valence-corrected chi connectivity index (χ3v) is 7.85. The lowest BCUT2D eigenvalue weighted by Gasteiger charge is -2.26. The summed E-state index contributed by atoms with van der Waals surface area (Å²) in [5, 5.41) is 2.86. The Kier molecular flexibility index (Phi) is 8.85. The molecule has 3 aromatic rings. The number of carbonyl (C=O) groups excluding carboxylic acids is 3. The molecule has 3 aromatic carbocycles. The molecule has 0 bridgehead atoms. The normalized spacial score (nSPS) is 14.7. The lowest BCUT2D eigenvalue weighted by atomic mass is 10.0. The van der Waals surface area contributed by atoms with Gasteiger partial charge in [-0.3, -0.25) is 25.2 Å². The second kappa shape index (κ2) is 12.5. The van der Waals surface area contributed by atoms with Crippen molar-refractivity contribution in [2.45, 2.75) is 17.4 Å². The Balaban J connectivity index is 1.39. The van der Waals surface area contributed by atoms with E-state index in [9.17, 15) is 22.8 Å². The van der Waals surface area contributed by atoms with Crippen molar-refractivity contribution in [3.63, 3.8) is 0 Å². The molecule has 0 saturated carbocycles. The first kappa shape index (κ1) is 27.0. The lowest BCUT2D eigenvalue weighted by molar-refractivity contribution is -0.122. The smallest absolute Gasteiger partial charge is 0.269 e. The summed E-state index contributed by atoms with van der Waals surface area (Å²) in [6, 6.07) is 22.6. The highest BCUT2D eigenvalue weighted by molar-refractivity contribution is 7.89. The predicted octanol–water partition coefficient (Wildman–Crippen LogP) is 2.03. The first-order valence-electron chi connectivity index (χ1n) is 12.0. The van der Waals surface area contributed by atoms with Crippen LogP contribution in [0.4, 0.5) is 0 Å². The molecule has 4 rings (SSSR count). The van der Waals surface area contributed by atoms with Crippen LogP contribution >= 0.6 is 0 Å². The molecule has 1 atom stereocenters. The molecule has 1 saturated heterocycles. The molecule has 198 valence electrons. The maximum Gasteiger partial charge on any atom is 0.269 e. The average molecular weight is 537 g/mol. The Hall–Kier alpha value is -4.06. The first-order chi connectivity index (χ1) is 18.3. The van der Waals surface area contributed by atoms with Gasteiger partial charge in [0, 0.05) is 24.2 Å². The van der Waals surface area contributed by atoms with Crippen molar-refractivity contribution in [2.24, 2.45) is 0 Å². The molecule has 10 nitrogen and oxygen atoms in total. The Morgan fingerprint density at radius 1 is 0.789 bits per heavy atom. The monoisotopic (exact) mass is 536 g/mol. The van der Waals surface area contributed by atoms with Gasteiger partial charge in [-0.05, 0) is 35.9 Å². The Bertz CT molecular complexity index is 1380. The Labute approximate surface area is 221 Å². The zero-order chi connectivity index (χ0) is 27.0. The summed E-state index contributed by atoms with van der Waals surface area (Å²) in [4.78, 5) is 38.1. The summed E-state index contributed by atoms with van der Waals surface area (Å²) in [5.41, 5.74) is 5.91. The fourth-order valence-corrected chi connectivity index (χ4v) is 5.39. The van der Waals surface area contributed by atoms with Gasteiger partial charge in [-0.2, -0.15) is 4.31 Å².